The minimum Gasteiger partial charge on any atom is -0.323 e. The topological polar surface area (TPSA) is 58.1 Å². The van der Waals surface area contributed by atoms with E-state index in [9.17, 15) is 4.79 Å². The van der Waals surface area contributed by atoms with Crippen molar-refractivity contribution >= 4 is 34.8 Å². The molecule has 6 heteroatoms. The monoisotopic (exact) mass is 366 g/mol. The van der Waals surface area contributed by atoms with Crippen LogP contribution in [0.3, 0.4) is 0 Å². The van der Waals surface area contributed by atoms with E-state index in [-0.39, 0.29) is 5.91 Å². The molecule has 1 aromatic heterocycles. The Kier molecular flexibility index (Phi) is 5.49. The van der Waals surface area contributed by atoms with Gasteiger partial charge in [0.05, 0.1) is 16.3 Å². The largest absolute Gasteiger partial charge is 0.323 e. The average molecular weight is 367 g/mol. The molecule has 3 aromatic rings. The van der Waals surface area contributed by atoms with Gasteiger partial charge in [-0.05, 0) is 43.7 Å². The quantitative estimate of drug-likeness (QED) is 0.701. The third-order valence-electron chi connectivity index (χ3n) is 3.89. The lowest BCUT2D eigenvalue weighted by atomic mass is 10.2. The number of nitrogens with zero attached hydrogens (tertiary/aromatic N) is 3. The molecular formula is C20H19ClN4O. The number of aromatic nitrogens is 2. The second kappa shape index (κ2) is 7.97. The summed E-state index contributed by atoms with van der Waals surface area (Å²) >= 11 is 6.12. The van der Waals surface area contributed by atoms with Crippen LogP contribution in [0.4, 0.5) is 17.3 Å². The SMILES string of the molecule is CCN(C(=O)c1cnc(Nc2ccccc2Cl)nc1)c1cccc(C)c1. The molecule has 0 spiro atoms. The van der Waals surface area contributed by atoms with Crippen molar-refractivity contribution in [3.63, 3.8) is 0 Å². The highest BCUT2D eigenvalue weighted by atomic mass is 35.5. The number of benzene rings is 2. The van der Waals surface area contributed by atoms with E-state index in [0.29, 0.717) is 28.8 Å². The van der Waals surface area contributed by atoms with Gasteiger partial charge in [0.25, 0.3) is 5.91 Å². The highest BCUT2D eigenvalue weighted by Crippen LogP contribution is 2.23. The Hall–Kier alpha value is -2.92. The zero-order valence-corrected chi connectivity index (χ0v) is 15.4. The van der Waals surface area contributed by atoms with E-state index in [2.05, 4.69) is 15.3 Å². The van der Waals surface area contributed by atoms with Crippen molar-refractivity contribution in [2.45, 2.75) is 13.8 Å². The van der Waals surface area contributed by atoms with Gasteiger partial charge in [-0.1, -0.05) is 35.9 Å². The standard InChI is InChI=1S/C20H19ClN4O/c1-3-25(16-8-6-7-14(2)11-16)19(26)15-12-22-20(23-13-15)24-18-10-5-4-9-17(18)21/h4-13H,3H2,1-2H3,(H,22,23,24). The molecule has 5 nitrogen and oxygen atoms in total. The second-order valence-electron chi connectivity index (χ2n) is 5.79. The number of carbonyl (C=O) groups is 1. The number of para-hydroxylation sites is 1. The van der Waals surface area contributed by atoms with E-state index in [1.165, 1.54) is 12.4 Å². The van der Waals surface area contributed by atoms with Crippen molar-refractivity contribution in [1.82, 2.24) is 9.97 Å². The molecule has 0 radical (unpaired) electrons. The van der Waals surface area contributed by atoms with E-state index < -0.39 is 0 Å². The van der Waals surface area contributed by atoms with Gasteiger partial charge in [-0.25, -0.2) is 9.97 Å². The minimum atomic E-state index is -0.137. The van der Waals surface area contributed by atoms with Crippen LogP contribution in [0, 0.1) is 6.92 Å². The normalized spacial score (nSPS) is 10.4. The van der Waals surface area contributed by atoms with Gasteiger partial charge in [0.15, 0.2) is 0 Å². The lowest BCUT2D eigenvalue weighted by Crippen LogP contribution is -2.30. The van der Waals surface area contributed by atoms with Gasteiger partial charge in [-0.15, -0.1) is 0 Å². The number of halogens is 1. The first-order valence-corrected chi connectivity index (χ1v) is 8.68. The first kappa shape index (κ1) is 17.9. The first-order chi connectivity index (χ1) is 12.6. The van der Waals surface area contributed by atoms with Crippen LogP contribution in [-0.4, -0.2) is 22.4 Å². The van der Waals surface area contributed by atoms with Crippen LogP contribution < -0.4 is 10.2 Å². The predicted octanol–water partition coefficient (Wildman–Crippen LogP) is 4.85. The molecule has 1 amide bonds. The fraction of sp³-hybridized carbons (Fsp3) is 0.150. The fourth-order valence-electron chi connectivity index (χ4n) is 2.58. The Balaban J connectivity index is 1.79. The van der Waals surface area contributed by atoms with Crippen molar-refractivity contribution in [2.75, 3.05) is 16.8 Å². The summed E-state index contributed by atoms with van der Waals surface area (Å²) in [5.74, 6) is 0.246. The number of aryl methyl sites for hydroxylation is 1. The number of amides is 1. The highest BCUT2D eigenvalue weighted by Gasteiger charge is 2.17. The van der Waals surface area contributed by atoms with Gasteiger partial charge in [-0.2, -0.15) is 0 Å². The molecule has 0 fully saturated rings. The smallest absolute Gasteiger partial charge is 0.261 e. The summed E-state index contributed by atoms with van der Waals surface area (Å²) in [6, 6.07) is 15.2. The highest BCUT2D eigenvalue weighted by molar-refractivity contribution is 6.33. The van der Waals surface area contributed by atoms with Crippen molar-refractivity contribution in [2.24, 2.45) is 0 Å². The third-order valence-corrected chi connectivity index (χ3v) is 4.22. The van der Waals surface area contributed by atoms with E-state index in [1.807, 2.05) is 56.3 Å². The average Bonchev–Trinajstić information content (AvgIpc) is 2.65. The Morgan fingerprint density at radius 3 is 2.50 bits per heavy atom. The summed E-state index contributed by atoms with van der Waals surface area (Å²) in [6.45, 7) is 4.50. The molecule has 132 valence electrons. The van der Waals surface area contributed by atoms with Crippen LogP contribution in [0.15, 0.2) is 60.9 Å². The molecular weight excluding hydrogens is 348 g/mol. The maximum Gasteiger partial charge on any atom is 0.261 e. The molecule has 0 saturated heterocycles. The Morgan fingerprint density at radius 2 is 1.85 bits per heavy atom. The molecule has 0 bridgehead atoms. The molecule has 1 N–H and O–H groups in total. The fourth-order valence-corrected chi connectivity index (χ4v) is 2.76. The molecule has 0 unspecified atom stereocenters. The lowest BCUT2D eigenvalue weighted by molar-refractivity contribution is 0.0987. The number of carbonyl (C=O) groups excluding carboxylic acids is 1. The van der Waals surface area contributed by atoms with E-state index >= 15 is 0 Å². The zero-order chi connectivity index (χ0) is 18.5. The van der Waals surface area contributed by atoms with Crippen molar-refractivity contribution in [1.29, 1.82) is 0 Å². The summed E-state index contributed by atoms with van der Waals surface area (Å²) in [5, 5.41) is 3.62. The third kappa shape index (κ3) is 4.00. The lowest BCUT2D eigenvalue weighted by Gasteiger charge is -2.21. The number of nitrogens with one attached hydrogen (secondary N) is 1. The molecule has 0 atom stereocenters. The molecule has 0 saturated carbocycles. The van der Waals surface area contributed by atoms with Gasteiger partial charge < -0.3 is 10.2 Å². The summed E-state index contributed by atoms with van der Waals surface area (Å²) in [6.07, 6.45) is 3.04. The maximum atomic E-state index is 12.8. The number of hydrogen-bond donors (Lipinski definition) is 1. The molecule has 0 aliphatic carbocycles. The van der Waals surface area contributed by atoms with E-state index in [1.54, 1.807) is 11.0 Å². The summed E-state index contributed by atoms with van der Waals surface area (Å²) in [5.41, 5.74) is 3.10. The summed E-state index contributed by atoms with van der Waals surface area (Å²) < 4.78 is 0. The van der Waals surface area contributed by atoms with Gasteiger partial charge in [0, 0.05) is 24.6 Å². The van der Waals surface area contributed by atoms with Crippen molar-refractivity contribution < 1.29 is 4.79 Å². The van der Waals surface area contributed by atoms with E-state index in [0.717, 1.165) is 11.3 Å². The Bertz CT molecular complexity index is 912. The van der Waals surface area contributed by atoms with Crippen LogP contribution >= 0.6 is 11.6 Å². The predicted molar refractivity (Wildman–Crippen MR) is 105 cm³/mol. The van der Waals surface area contributed by atoms with Gasteiger partial charge in [0.2, 0.25) is 5.95 Å². The second-order valence-corrected chi connectivity index (χ2v) is 6.20. The molecule has 0 aliphatic rings. The molecule has 1 heterocycles. The molecule has 0 aliphatic heterocycles. The minimum absolute atomic E-state index is 0.137. The van der Waals surface area contributed by atoms with Crippen LogP contribution in [0.1, 0.15) is 22.8 Å². The maximum absolute atomic E-state index is 12.8. The van der Waals surface area contributed by atoms with Gasteiger partial charge >= 0.3 is 0 Å². The van der Waals surface area contributed by atoms with Crippen LogP contribution in [0.5, 0.6) is 0 Å². The Morgan fingerprint density at radius 1 is 1.12 bits per heavy atom. The number of rotatable bonds is 5. The number of hydrogen-bond acceptors (Lipinski definition) is 4. The first-order valence-electron chi connectivity index (χ1n) is 8.30. The van der Waals surface area contributed by atoms with Crippen LogP contribution in [0.25, 0.3) is 0 Å². The Labute approximate surface area is 157 Å². The van der Waals surface area contributed by atoms with Gasteiger partial charge in [0.1, 0.15) is 0 Å². The van der Waals surface area contributed by atoms with Gasteiger partial charge in [-0.3, -0.25) is 4.79 Å². The number of anilines is 3. The molecule has 26 heavy (non-hydrogen) atoms. The summed E-state index contributed by atoms with van der Waals surface area (Å²) in [7, 11) is 0. The zero-order valence-electron chi connectivity index (χ0n) is 14.6. The molecule has 3 rings (SSSR count). The van der Waals surface area contributed by atoms with Crippen molar-refractivity contribution in [3.05, 3.63) is 77.1 Å². The van der Waals surface area contributed by atoms with E-state index in [4.69, 9.17) is 11.6 Å². The van der Waals surface area contributed by atoms with Crippen LogP contribution in [-0.2, 0) is 0 Å². The summed E-state index contributed by atoms with van der Waals surface area (Å²) in [4.78, 5) is 23.0. The van der Waals surface area contributed by atoms with Crippen LogP contribution in [0.2, 0.25) is 5.02 Å². The van der Waals surface area contributed by atoms with Crippen molar-refractivity contribution in [3.8, 4) is 0 Å². The molecule has 2 aromatic carbocycles.